The molecule has 2 aromatic heterocycles. The van der Waals surface area contributed by atoms with Gasteiger partial charge in [-0.1, -0.05) is 0 Å². The summed E-state index contributed by atoms with van der Waals surface area (Å²) in [6.07, 6.45) is 7.90. The zero-order valence-corrected chi connectivity index (χ0v) is 15.5. The van der Waals surface area contributed by atoms with Crippen LogP contribution in [0.2, 0.25) is 0 Å². The molecule has 0 bridgehead atoms. The Balaban J connectivity index is 1.31. The summed E-state index contributed by atoms with van der Waals surface area (Å²) in [5.74, 6) is 0.755. The summed E-state index contributed by atoms with van der Waals surface area (Å²) in [7, 11) is 0. The van der Waals surface area contributed by atoms with E-state index in [1.807, 2.05) is 4.90 Å². The Hall–Kier alpha value is -2.15. The van der Waals surface area contributed by atoms with Crippen LogP contribution in [0, 0.1) is 5.92 Å². The lowest BCUT2D eigenvalue weighted by Crippen LogP contribution is -2.38. The molecule has 0 radical (unpaired) electrons. The van der Waals surface area contributed by atoms with Crippen LogP contribution in [0.25, 0.3) is 0 Å². The molecule has 26 heavy (non-hydrogen) atoms. The first kappa shape index (κ1) is 17.3. The maximum atomic E-state index is 12.5. The second-order valence-electron chi connectivity index (χ2n) is 7.09. The van der Waals surface area contributed by atoms with Crippen molar-refractivity contribution in [3.8, 4) is 0 Å². The summed E-state index contributed by atoms with van der Waals surface area (Å²) >= 11 is 1.66. The number of rotatable bonds is 6. The first-order valence-corrected chi connectivity index (χ1v) is 10.1. The predicted molar refractivity (Wildman–Crippen MR) is 98.1 cm³/mol. The Labute approximate surface area is 156 Å². The lowest BCUT2D eigenvalue weighted by atomic mass is 9.98. The Morgan fingerprint density at radius 1 is 1.35 bits per heavy atom. The summed E-state index contributed by atoms with van der Waals surface area (Å²) in [6, 6.07) is 1.71. The van der Waals surface area contributed by atoms with Crippen LogP contribution in [0.3, 0.4) is 0 Å². The number of carbonyl (C=O) groups excluding carboxylic acids is 2. The number of piperidine rings is 1. The Bertz CT molecular complexity index is 767. The van der Waals surface area contributed by atoms with Gasteiger partial charge in [-0.2, -0.15) is 0 Å². The molecule has 2 aromatic rings. The minimum atomic E-state index is 0.0306. The molecule has 1 saturated heterocycles. The molecule has 1 atom stereocenters. The Morgan fingerprint density at radius 3 is 3.00 bits per heavy atom. The van der Waals surface area contributed by atoms with E-state index in [1.54, 1.807) is 17.4 Å². The van der Waals surface area contributed by atoms with Crippen molar-refractivity contribution in [2.45, 2.75) is 38.0 Å². The standard InChI is InChI=1S/C19H23N3O3S/c23-17(13-3-4-13)20-7-5-16-12-26-18(21-16)14-2-1-8-22(10-14)19(24)15-6-9-25-11-15/h6,9,11-14H,1-5,7-8,10H2,(H,20,23). The lowest BCUT2D eigenvalue weighted by molar-refractivity contribution is -0.122. The summed E-state index contributed by atoms with van der Waals surface area (Å²) < 4.78 is 5.03. The van der Waals surface area contributed by atoms with Gasteiger partial charge in [-0.25, -0.2) is 4.98 Å². The molecule has 2 aliphatic rings. The van der Waals surface area contributed by atoms with Gasteiger partial charge in [0.2, 0.25) is 5.91 Å². The van der Waals surface area contributed by atoms with Crippen LogP contribution >= 0.6 is 11.3 Å². The molecule has 2 fully saturated rings. The van der Waals surface area contributed by atoms with Crippen molar-refractivity contribution in [3.63, 3.8) is 0 Å². The lowest BCUT2D eigenvalue weighted by Gasteiger charge is -2.31. The highest BCUT2D eigenvalue weighted by Crippen LogP contribution is 2.30. The van der Waals surface area contributed by atoms with Crippen molar-refractivity contribution < 1.29 is 14.0 Å². The van der Waals surface area contributed by atoms with E-state index in [2.05, 4.69) is 10.7 Å². The third kappa shape index (κ3) is 3.98. The molecule has 7 heteroatoms. The molecule has 1 unspecified atom stereocenters. The van der Waals surface area contributed by atoms with Crippen LogP contribution in [-0.4, -0.2) is 41.3 Å². The average molecular weight is 373 g/mol. The Kier molecular flexibility index (Phi) is 5.06. The zero-order chi connectivity index (χ0) is 17.9. The van der Waals surface area contributed by atoms with E-state index < -0.39 is 0 Å². The van der Waals surface area contributed by atoms with Gasteiger partial charge in [0.25, 0.3) is 5.91 Å². The van der Waals surface area contributed by atoms with Crippen LogP contribution < -0.4 is 5.32 Å². The first-order chi connectivity index (χ1) is 12.7. The van der Waals surface area contributed by atoms with E-state index in [1.165, 1.54) is 12.5 Å². The van der Waals surface area contributed by atoms with Gasteiger partial charge in [0.1, 0.15) is 6.26 Å². The smallest absolute Gasteiger partial charge is 0.257 e. The first-order valence-electron chi connectivity index (χ1n) is 9.24. The zero-order valence-electron chi connectivity index (χ0n) is 14.6. The topological polar surface area (TPSA) is 75.4 Å². The van der Waals surface area contributed by atoms with E-state index in [0.29, 0.717) is 24.6 Å². The maximum absolute atomic E-state index is 12.5. The minimum absolute atomic E-state index is 0.0306. The minimum Gasteiger partial charge on any atom is -0.472 e. The third-order valence-electron chi connectivity index (χ3n) is 5.02. The van der Waals surface area contributed by atoms with Gasteiger partial charge in [0.05, 0.1) is 22.5 Å². The van der Waals surface area contributed by atoms with E-state index in [9.17, 15) is 9.59 Å². The number of hydrogen-bond acceptors (Lipinski definition) is 5. The summed E-state index contributed by atoms with van der Waals surface area (Å²) in [5.41, 5.74) is 1.64. The van der Waals surface area contributed by atoms with E-state index >= 15 is 0 Å². The van der Waals surface area contributed by atoms with E-state index in [-0.39, 0.29) is 17.7 Å². The van der Waals surface area contributed by atoms with Crippen molar-refractivity contribution >= 4 is 23.2 Å². The molecule has 3 heterocycles. The molecule has 1 saturated carbocycles. The van der Waals surface area contributed by atoms with E-state index in [0.717, 1.165) is 49.4 Å². The van der Waals surface area contributed by atoms with Crippen molar-refractivity contribution in [2.24, 2.45) is 5.92 Å². The van der Waals surface area contributed by atoms with Crippen molar-refractivity contribution in [1.29, 1.82) is 0 Å². The van der Waals surface area contributed by atoms with Crippen LogP contribution in [0.1, 0.15) is 52.7 Å². The maximum Gasteiger partial charge on any atom is 0.257 e. The van der Waals surface area contributed by atoms with Crippen LogP contribution in [0.4, 0.5) is 0 Å². The van der Waals surface area contributed by atoms with Crippen LogP contribution in [0.15, 0.2) is 28.4 Å². The summed E-state index contributed by atoms with van der Waals surface area (Å²) in [5, 5.41) is 6.16. The molecular formula is C19H23N3O3S. The van der Waals surface area contributed by atoms with Gasteiger partial charge in [0.15, 0.2) is 0 Å². The average Bonchev–Trinajstić information content (AvgIpc) is 3.18. The third-order valence-corrected chi connectivity index (χ3v) is 6.08. The van der Waals surface area contributed by atoms with Crippen molar-refractivity contribution in [2.75, 3.05) is 19.6 Å². The number of carbonyl (C=O) groups is 2. The second-order valence-corrected chi connectivity index (χ2v) is 7.98. The predicted octanol–water partition coefficient (Wildman–Crippen LogP) is 2.82. The molecule has 2 amide bonds. The van der Waals surface area contributed by atoms with Crippen LogP contribution in [-0.2, 0) is 11.2 Å². The monoisotopic (exact) mass is 373 g/mol. The molecular weight excluding hydrogens is 350 g/mol. The fourth-order valence-electron chi connectivity index (χ4n) is 3.36. The molecule has 0 spiro atoms. The van der Waals surface area contributed by atoms with Gasteiger partial charge in [-0.05, 0) is 31.7 Å². The van der Waals surface area contributed by atoms with Gasteiger partial charge in [-0.15, -0.1) is 11.3 Å². The van der Waals surface area contributed by atoms with Gasteiger partial charge < -0.3 is 14.6 Å². The molecule has 4 rings (SSSR count). The number of furan rings is 1. The number of amides is 2. The van der Waals surface area contributed by atoms with Crippen molar-refractivity contribution in [3.05, 3.63) is 40.2 Å². The molecule has 1 aliphatic carbocycles. The van der Waals surface area contributed by atoms with Gasteiger partial charge >= 0.3 is 0 Å². The summed E-state index contributed by atoms with van der Waals surface area (Å²) in [6.45, 7) is 2.13. The SMILES string of the molecule is O=C(NCCc1csc(C2CCCN(C(=O)c3ccoc3)C2)n1)C1CC1. The quantitative estimate of drug-likeness (QED) is 0.845. The fourth-order valence-corrected chi connectivity index (χ4v) is 4.34. The molecule has 0 aromatic carbocycles. The van der Waals surface area contributed by atoms with Crippen LogP contribution in [0.5, 0.6) is 0 Å². The Morgan fingerprint density at radius 2 is 2.23 bits per heavy atom. The normalized spacial score (nSPS) is 20.2. The summed E-state index contributed by atoms with van der Waals surface area (Å²) in [4.78, 5) is 30.8. The van der Waals surface area contributed by atoms with Gasteiger partial charge in [0, 0.05) is 43.3 Å². The number of likely N-dealkylation sites (tertiary alicyclic amines) is 1. The number of hydrogen-bond donors (Lipinski definition) is 1. The molecule has 6 nitrogen and oxygen atoms in total. The number of thiazole rings is 1. The molecule has 138 valence electrons. The number of nitrogens with one attached hydrogen (secondary N) is 1. The molecule has 1 N–H and O–H groups in total. The second kappa shape index (κ2) is 7.61. The largest absolute Gasteiger partial charge is 0.472 e. The highest BCUT2D eigenvalue weighted by Gasteiger charge is 2.29. The van der Waals surface area contributed by atoms with Crippen molar-refractivity contribution in [1.82, 2.24) is 15.2 Å². The number of aromatic nitrogens is 1. The fraction of sp³-hybridized carbons (Fsp3) is 0.526. The van der Waals surface area contributed by atoms with E-state index in [4.69, 9.17) is 9.40 Å². The number of nitrogens with zero attached hydrogens (tertiary/aromatic N) is 2. The highest BCUT2D eigenvalue weighted by molar-refractivity contribution is 7.09. The van der Waals surface area contributed by atoms with Gasteiger partial charge in [-0.3, -0.25) is 9.59 Å². The highest BCUT2D eigenvalue weighted by atomic mass is 32.1. The molecule has 1 aliphatic heterocycles.